The van der Waals surface area contributed by atoms with Gasteiger partial charge in [0.2, 0.25) is 5.91 Å². The molecule has 0 aromatic heterocycles. The molecule has 0 aromatic rings. The average molecular weight is 280 g/mol. The summed E-state index contributed by atoms with van der Waals surface area (Å²) in [5, 5.41) is 4.79. The maximum absolute atomic E-state index is 11.9. The van der Waals surface area contributed by atoms with Gasteiger partial charge in [-0.3, -0.25) is 4.79 Å². The Morgan fingerprint density at radius 3 is 2.26 bits per heavy atom. The Balaban J connectivity index is 2.07. The number of hydrogen-bond donors (Lipinski definition) is 2. The normalized spacial score (nSPS) is 24.2. The molecule has 6 heteroatoms. The molecule has 1 amide bonds. The monoisotopic (exact) mass is 280 g/mol. The van der Waals surface area contributed by atoms with Crippen LogP contribution < -0.4 is 10.6 Å². The van der Waals surface area contributed by atoms with Crippen LogP contribution in [0.15, 0.2) is 0 Å². The standard InChI is InChI=1S/C13H23F3N2O/c1-2-10-3-5-11(6-4-10)7-18-12(19)8-17-9-13(14,15)16/h10-11,17H,2-9H2,1H3,(H,18,19). The Hall–Kier alpha value is -0.780. The summed E-state index contributed by atoms with van der Waals surface area (Å²) in [5.41, 5.74) is 0. The predicted molar refractivity (Wildman–Crippen MR) is 67.7 cm³/mol. The number of nitrogens with one attached hydrogen (secondary N) is 2. The molecule has 0 radical (unpaired) electrons. The highest BCUT2D eigenvalue weighted by Crippen LogP contribution is 2.29. The third-order valence-corrected chi connectivity index (χ3v) is 3.74. The lowest BCUT2D eigenvalue weighted by atomic mass is 9.81. The van der Waals surface area contributed by atoms with E-state index in [9.17, 15) is 18.0 Å². The van der Waals surface area contributed by atoms with Crippen LogP contribution in [0.2, 0.25) is 0 Å². The first kappa shape index (κ1) is 16.3. The van der Waals surface area contributed by atoms with Crippen LogP contribution in [0.4, 0.5) is 13.2 Å². The van der Waals surface area contributed by atoms with Crippen molar-refractivity contribution in [2.24, 2.45) is 11.8 Å². The molecular formula is C13H23F3N2O. The van der Waals surface area contributed by atoms with E-state index in [-0.39, 0.29) is 12.5 Å². The lowest BCUT2D eigenvalue weighted by Gasteiger charge is -2.27. The lowest BCUT2D eigenvalue weighted by molar-refractivity contribution is -0.128. The topological polar surface area (TPSA) is 41.1 Å². The molecule has 19 heavy (non-hydrogen) atoms. The summed E-state index contributed by atoms with van der Waals surface area (Å²) in [4.78, 5) is 11.4. The van der Waals surface area contributed by atoms with Crippen molar-refractivity contribution < 1.29 is 18.0 Å². The van der Waals surface area contributed by atoms with Crippen LogP contribution in [-0.4, -0.2) is 31.7 Å². The summed E-state index contributed by atoms with van der Waals surface area (Å²) in [6, 6.07) is 0. The first-order valence-electron chi connectivity index (χ1n) is 6.95. The summed E-state index contributed by atoms with van der Waals surface area (Å²) < 4.78 is 35.6. The molecule has 1 rings (SSSR count). The molecule has 0 spiro atoms. The summed E-state index contributed by atoms with van der Waals surface area (Å²) in [5.74, 6) is 0.927. The van der Waals surface area contributed by atoms with E-state index < -0.39 is 12.7 Å². The third-order valence-electron chi connectivity index (χ3n) is 3.74. The van der Waals surface area contributed by atoms with Crippen LogP contribution in [0.3, 0.4) is 0 Å². The highest BCUT2D eigenvalue weighted by molar-refractivity contribution is 5.77. The molecule has 0 aromatic carbocycles. The number of hydrogen-bond acceptors (Lipinski definition) is 2. The fraction of sp³-hybridized carbons (Fsp3) is 0.923. The van der Waals surface area contributed by atoms with E-state index in [0.717, 1.165) is 18.8 Å². The van der Waals surface area contributed by atoms with Crippen molar-refractivity contribution in [3.05, 3.63) is 0 Å². The smallest absolute Gasteiger partial charge is 0.355 e. The number of alkyl halides is 3. The summed E-state index contributed by atoms with van der Waals surface area (Å²) >= 11 is 0. The van der Waals surface area contributed by atoms with Gasteiger partial charge in [0, 0.05) is 6.54 Å². The molecule has 0 saturated heterocycles. The molecule has 0 heterocycles. The number of rotatable bonds is 6. The van der Waals surface area contributed by atoms with E-state index in [0.29, 0.717) is 12.5 Å². The van der Waals surface area contributed by atoms with Gasteiger partial charge in [-0.15, -0.1) is 0 Å². The van der Waals surface area contributed by atoms with E-state index in [4.69, 9.17) is 0 Å². The van der Waals surface area contributed by atoms with Crippen LogP contribution in [0, 0.1) is 11.8 Å². The average Bonchev–Trinajstić information content (AvgIpc) is 2.35. The lowest BCUT2D eigenvalue weighted by Crippen LogP contribution is -2.40. The SMILES string of the molecule is CCC1CCC(CNC(=O)CNCC(F)(F)F)CC1. The van der Waals surface area contributed by atoms with Crippen molar-refractivity contribution >= 4 is 5.91 Å². The number of carbonyl (C=O) groups is 1. The van der Waals surface area contributed by atoms with Gasteiger partial charge in [-0.05, 0) is 24.7 Å². The predicted octanol–water partition coefficient (Wildman–Crippen LogP) is 2.47. The molecular weight excluding hydrogens is 257 g/mol. The van der Waals surface area contributed by atoms with Crippen LogP contribution in [0.25, 0.3) is 0 Å². The zero-order chi connectivity index (χ0) is 14.3. The van der Waals surface area contributed by atoms with E-state index in [1.807, 2.05) is 0 Å². The Labute approximate surface area is 112 Å². The molecule has 0 atom stereocenters. The number of halogens is 3. The van der Waals surface area contributed by atoms with Gasteiger partial charge in [0.1, 0.15) is 0 Å². The fourth-order valence-electron chi connectivity index (χ4n) is 2.48. The minimum Gasteiger partial charge on any atom is -0.355 e. The van der Waals surface area contributed by atoms with Gasteiger partial charge in [-0.1, -0.05) is 26.2 Å². The van der Waals surface area contributed by atoms with Crippen molar-refractivity contribution in [2.45, 2.75) is 45.2 Å². The number of amides is 1. The van der Waals surface area contributed by atoms with Crippen LogP contribution in [0.5, 0.6) is 0 Å². The van der Waals surface area contributed by atoms with Crippen molar-refractivity contribution in [3.63, 3.8) is 0 Å². The second-order valence-electron chi connectivity index (χ2n) is 5.32. The molecule has 0 unspecified atom stereocenters. The largest absolute Gasteiger partial charge is 0.401 e. The summed E-state index contributed by atoms with van der Waals surface area (Å²) in [6.45, 7) is 1.38. The Kier molecular flexibility index (Phi) is 6.62. The summed E-state index contributed by atoms with van der Waals surface area (Å²) in [6.07, 6.45) is 1.55. The molecule has 1 aliphatic carbocycles. The number of carbonyl (C=O) groups excluding carboxylic acids is 1. The summed E-state index contributed by atoms with van der Waals surface area (Å²) in [7, 11) is 0. The van der Waals surface area contributed by atoms with Gasteiger partial charge in [0.05, 0.1) is 13.1 Å². The Bertz CT molecular complexity index is 274. The second kappa shape index (κ2) is 7.72. The van der Waals surface area contributed by atoms with Gasteiger partial charge in [-0.25, -0.2) is 0 Å². The van der Waals surface area contributed by atoms with E-state index in [1.54, 1.807) is 0 Å². The highest BCUT2D eigenvalue weighted by Gasteiger charge is 2.26. The van der Waals surface area contributed by atoms with Crippen LogP contribution in [-0.2, 0) is 4.79 Å². The molecule has 0 aliphatic heterocycles. The molecule has 2 N–H and O–H groups in total. The molecule has 112 valence electrons. The highest BCUT2D eigenvalue weighted by atomic mass is 19.4. The quantitative estimate of drug-likeness (QED) is 0.785. The zero-order valence-electron chi connectivity index (χ0n) is 11.4. The van der Waals surface area contributed by atoms with Crippen molar-refractivity contribution in [1.82, 2.24) is 10.6 Å². The van der Waals surface area contributed by atoms with E-state index >= 15 is 0 Å². The minimum atomic E-state index is -4.27. The van der Waals surface area contributed by atoms with Gasteiger partial charge in [0.25, 0.3) is 0 Å². The Morgan fingerprint density at radius 2 is 1.74 bits per heavy atom. The fourth-order valence-corrected chi connectivity index (χ4v) is 2.48. The molecule has 0 bridgehead atoms. The minimum absolute atomic E-state index is 0.274. The van der Waals surface area contributed by atoms with Gasteiger partial charge in [0.15, 0.2) is 0 Å². The van der Waals surface area contributed by atoms with Gasteiger partial charge < -0.3 is 10.6 Å². The maximum Gasteiger partial charge on any atom is 0.401 e. The first-order chi connectivity index (χ1) is 8.90. The Morgan fingerprint density at radius 1 is 1.16 bits per heavy atom. The molecule has 1 aliphatic rings. The van der Waals surface area contributed by atoms with E-state index in [1.165, 1.54) is 19.3 Å². The molecule has 1 fully saturated rings. The molecule has 3 nitrogen and oxygen atoms in total. The van der Waals surface area contributed by atoms with Gasteiger partial charge >= 0.3 is 6.18 Å². The zero-order valence-corrected chi connectivity index (χ0v) is 11.4. The van der Waals surface area contributed by atoms with Crippen LogP contribution in [0.1, 0.15) is 39.0 Å². The maximum atomic E-state index is 11.9. The van der Waals surface area contributed by atoms with Crippen molar-refractivity contribution in [3.8, 4) is 0 Å². The van der Waals surface area contributed by atoms with Crippen molar-refractivity contribution in [2.75, 3.05) is 19.6 Å². The van der Waals surface area contributed by atoms with Crippen molar-refractivity contribution in [1.29, 1.82) is 0 Å². The van der Waals surface area contributed by atoms with Gasteiger partial charge in [-0.2, -0.15) is 13.2 Å². The van der Waals surface area contributed by atoms with Crippen LogP contribution >= 0.6 is 0 Å². The third kappa shape index (κ3) is 7.40. The first-order valence-corrected chi connectivity index (χ1v) is 6.95. The second-order valence-corrected chi connectivity index (χ2v) is 5.32. The van der Waals surface area contributed by atoms with E-state index in [2.05, 4.69) is 17.6 Å². The molecule has 1 saturated carbocycles.